The van der Waals surface area contributed by atoms with Crippen LogP contribution in [-0.4, -0.2) is 35.1 Å². The first kappa shape index (κ1) is 31.5. The zero-order valence-electron chi connectivity index (χ0n) is 26.0. The van der Waals surface area contributed by atoms with Crippen molar-refractivity contribution in [1.82, 2.24) is 10.1 Å². The first-order valence-electron chi connectivity index (χ1n) is 16.1. The number of fused-ring (bicyclic) bond motifs is 3. The van der Waals surface area contributed by atoms with Crippen molar-refractivity contribution in [3.8, 4) is 16.9 Å². The van der Waals surface area contributed by atoms with Crippen molar-refractivity contribution >= 4 is 11.6 Å². The normalized spacial score (nSPS) is 24.8. The van der Waals surface area contributed by atoms with E-state index in [9.17, 15) is 22.4 Å². The van der Waals surface area contributed by atoms with Gasteiger partial charge in [-0.05, 0) is 105 Å². The topological polar surface area (TPSA) is 68.5 Å². The number of hydrogen-bond acceptors (Lipinski definition) is 5. The van der Waals surface area contributed by atoms with Gasteiger partial charge in [-0.15, -0.1) is 0 Å². The van der Waals surface area contributed by atoms with Crippen LogP contribution in [-0.2, 0) is 16.1 Å². The highest BCUT2D eigenvalue weighted by Crippen LogP contribution is 2.58. The Morgan fingerprint density at radius 1 is 0.978 bits per heavy atom. The fourth-order valence-electron chi connectivity index (χ4n) is 7.54. The fourth-order valence-corrected chi connectivity index (χ4v) is 7.54. The molecule has 242 valence electrons. The van der Waals surface area contributed by atoms with Gasteiger partial charge in [-0.1, -0.05) is 29.4 Å². The van der Waals surface area contributed by atoms with Crippen molar-refractivity contribution in [2.24, 2.45) is 11.3 Å². The second kappa shape index (κ2) is 12.1. The third-order valence-corrected chi connectivity index (χ3v) is 10.4. The maximum Gasteiger partial charge on any atom is 0.322 e. The maximum atomic E-state index is 14.1. The summed E-state index contributed by atoms with van der Waals surface area (Å²) in [5.74, 6) is -5.45. The van der Waals surface area contributed by atoms with Crippen LogP contribution in [0.15, 0.2) is 53.1 Å². The van der Waals surface area contributed by atoms with E-state index in [0.717, 1.165) is 68.0 Å². The number of rotatable bonds is 10. The predicted octanol–water partition coefficient (Wildman–Crippen LogP) is 9.09. The molecule has 1 aromatic heterocycles. The number of carbonyl (C=O) groups is 1. The van der Waals surface area contributed by atoms with E-state index >= 15 is 0 Å². The third kappa shape index (κ3) is 6.75. The minimum atomic E-state index is -3.19. The highest BCUT2D eigenvalue weighted by atomic mass is 19.3. The van der Waals surface area contributed by atoms with Crippen LogP contribution in [0.2, 0.25) is 0 Å². The van der Waals surface area contributed by atoms with Crippen molar-refractivity contribution in [2.45, 2.75) is 102 Å². The monoisotopic (exact) mass is 627 g/mol. The SMILES string of the molecule is CCOc1ccc(-c2cccc(N(CC34CCC(c5noc(C(C)(F)F)n5)(CC3)CC4)C(=O)CC3CCC(F)(F)CC3)c2)cc1. The molecule has 1 amide bonds. The van der Waals surface area contributed by atoms with Gasteiger partial charge in [0.1, 0.15) is 5.75 Å². The molecular weight excluding hydrogens is 586 g/mol. The lowest BCUT2D eigenvalue weighted by Crippen LogP contribution is -2.51. The molecule has 2 aromatic carbocycles. The van der Waals surface area contributed by atoms with Crippen LogP contribution in [0.5, 0.6) is 5.75 Å². The standard InChI is InChI=1S/C35H41F4N3O3/c1-3-44-28-9-7-25(8-10-28)26-5-4-6-27(22-26)42(29(43)21-24-11-13-35(38,39)14-12-24)23-33-15-18-34(19-16-33,20-17-33)30-40-31(45-41-30)32(2,36)37/h4-10,22,24H,3,11-21,23H2,1-2H3. The number of ether oxygens (including phenoxy) is 1. The average Bonchev–Trinajstić information content (AvgIpc) is 3.55. The molecule has 1 heterocycles. The second-order valence-electron chi connectivity index (χ2n) is 13.6. The van der Waals surface area contributed by atoms with Gasteiger partial charge >= 0.3 is 5.92 Å². The number of carbonyl (C=O) groups excluding carboxylic acids is 1. The lowest BCUT2D eigenvalue weighted by Gasteiger charge is -2.53. The molecular formula is C35H41F4N3O3. The molecule has 4 aliphatic rings. The number of hydrogen-bond donors (Lipinski definition) is 0. The van der Waals surface area contributed by atoms with Gasteiger partial charge in [0.15, 0.2) is 5.82 Å². The Hall–Kier alpha value is -3.43. The van der Waals surface area contributed by atoms with Gasteiger partial charge in [-0.25, -0.2) is 8.78 Å². The highest BCUT2D eigenvalue weighted by Gasteiger charge is 2.53. The summed E-state index contributed by atoms with van der Waals surface area (Å²) in [6.45, 7) is 3.79. The Morgan fingerprint density at radius 3 is 2.24 bits per heavy atom. The van der Waals surface area contributed by atoms with E-state index in [1.54, 1.807) is 0 Å². The zero-order chi connectivity index (χ0) is 31.9. The van der Waals surface area contributed by atoms with E-state index in [4.69, 9.17) is 9.26 Å². The minimum absolute atomic E-state index is 0.0427. The van der Waals surface area contributed by atoms with Crippen LogP contribution in [0.4, 0.5) is 23.2 Å². The Balaban J connectivity index is 1.23. The molecule has 45 heavy (non-hydrogen) atoms. The molecule has 4 saturated carbocycles. The smallest absolute Gasteiger partial charge is 0.322 e. The van der Waals surface area contributed by atoms with E-state index in [2.05, 4.69) is 10.1 Å². The Morgan fingerprint density at radius 2 is 1.64 bits per heavy atom. The first-order chi connectivity index (χ1) is 21.4. The van der Waals surface area contributed by atoms with Crippen molar-refractivity contribution in [3.05, 3.63) is 60.2 Å². The molecule has 4 aliphatic carbocycles. The van der Waals surface area contributed by atoms with Crippen molar-refractivity contribution < 1.29 is 31.6 Å². The Labute approximate surface area is 261 Å². The summed E-state index contributed by atoms with van der Waals surface area (Å²) in [5.41, 5.74) is 2.21. The number of nitrogens with zero attached hydrogens (tertiary/aromatic N) is 3. The molecule has 0 atom stereocenters. The zero-order valence-corrected chi connectivity index (χ0v) is 26.0. The van der Waals surface area contributed by atoms with Crippen LogP contribution in [0.25, 0.3) is 11.1 Å². The summed E-state index contributed by atoms with van der Waals surface area (Å²) >= 11 is 0. The quantitative estimate of drug-likeness (QED) is 0.210. The maximum absolute atomic E-state index is 14.1. The van der Waals surface area contributed by atoms with Crippen LogP contribution in [0, 0.1) is 11.3 Å². The largest absolute Gasteiger partial charge is 0.494 e. The van der Waals surface area contributed by atoms with Gasteiger partial charge in [0.2, 0.25) is 11.8 Å². The van der Waals surface area contributed by atoms with Gasteiger partial charge in [-0.2, -0.15) is 13.8 Å². The number of anilines is 1. The summed E-state index contributed by atoms with van der Waals surface area (Å²) in [6.07, 6.45) is 5.17. The number of halogens is 4. The first-order valence-corrected chi connectivity index (χ1v) is 16.1. The van der Waals surface area contributed by atoms with Crippen LogP contribution in [0.3, 0.4) is 0 Å². The average molecular weight is 628 g/mol. The molecule has 6 nitrogen and oxygen atoms in total. The fraction of sp³-hybridized carbons (Fsp3) is 0.571. The molecule has 0 spiro atoms. The Bertz CT molecular complexity index is 1470. The van der Waals surface area contributed by atoms with E-state index in [0.29, 0.717) is 31.8 Å². The van der Waals surface area contributed by atoms with E-state index in [-0.39, 0.29) is 36.5 Å². The lowest BCUT2D eigenvalue weighted by atomic mass is 9.53. The summed E-state index contributed by atoms with van der Waals surface area (Å²) < 4.78 is 66.0. The summed E-state index contributed by atoms with van der Waals surface area (Å²) in [6, 6.07) is 15.8. The van der Waals surface area contributed by atoms with Gasteiger partial charge in [-0.3, -0.25) is 4.79 Å². The number of amides is 1. The van der Waals surface area contributed by atoms with Gasteiger partial charge < -0.3 is 14.2 Å². The van der Waals surface area contributed by atoms with Crippen molar-refractivity contribution in [2.75, 3.05) is 18.1 Å². The van der Waals surface area contributed by atoms with E-state index in [1.807, 2.05) is 60.4 Å². The molecule has 0 unspecified atom stereocenters. The molecule has 0 aliphatic heterocycles. The van der Waals surface area contributed by atoms with Gasteiger partial charge in [0.05, 0.1) is 6.61 Å². The summed E-state index contributed by atoms with van der Waals surface area (Å²) in [7, 11) is 0. The molecule has 2 bridgehead atoms. The molecule has 10 heteroatoms. The molecule has 0 radical (unpaired) electrons. The van der Waals surface area contributed by atoms with E-state index in [1.165, 1.54) is 0 Å². The third-order valence-electron chi connectivity index (χ3n) is 10.4. The molecule has 3 aromatic rings. The van der Waals surface area contributed by atoms with Gasteiger partial charge in [0, 0.05) is 43.8 Å². The van der Waals surface area contributed by atoms with Crippen LogP contribution in [0.1, 0.15) is 96.2 Å². The highest BCUT2D eigenvalue weighted by molar-refractivity contribution is 5.94. The van der Waals surface area contributed by atoms with Crippen LogP contribution < -0.4 is 9.64 Å². The predicted molar refractivity (Wildman–Crippen MR) is 163 cm³/mol. The Kier molecular flexibility index (Phi) is 8.46. The molecule has 7 rings (SSSR count). The number of alkyl halides is 4. The molecule has 0 saturated heterocycles. The van der Waals surface area contributed by atoms with Crippen molar-refractivity contribution in [3.63, 3.8) is 0 Å². The molecule has 0 N–H and O–H groups in total. The minimum Gasteiger partial charge on any atom is -0.494 e. The van der Waals surface area contributed by atoms with E-state index < -0.39 is 23.2 Å². The second-order valence-corrected chi connectivity index (χ2v) is 13.6. The van der Waals surface area contributed by atoms with Gasteiger partial charge in [0.25, 0.3) is 5.89 Å². The number of benzene rings is 2. The van der Waals surface area contributed by atoms with Crippen molar-refractivity contribution in [1.29, 1.82) is 0 Å². The lowest BCUT2D eigenvalue weighted by molar-refractivity contribution is -0.121. The number of aromatic nitrogens is 2. The van der Waals surface area contributed by atoms with Crippen LogP contribution >= 0.6 is 0 Å². The summed E-state index contributed by atoms with van der Waals surface area (Å²) in [5, 5.41) is 3.97. The molecule has 4 fully saturated rings. The summed E-state index contributed by atoms with van der Waals surface area (Å²) in [4.78, 5) is 20.1.